The second kappa shape index (κ2) is 11.4. The molecular formula is C29H28ClN3O4S. The van der Waals surface area contributed by atoms with E-state index in [2.05, 4.69) is 10.5 Å². The van der Waals surface area contributed by atoms with Crippen molar-refractivity contribution in [2.45, 2.75) is 25.7 Å². The summed E-state index contributed by atoms with van der Waals surface area (Å²) < 4.78 is 16.1. The van der Waals surface area contributed by atoms with Gasteiger partial charge in [0.15, 0.2) is 11.5 Å². The van der Waals surface area contributed by atoms with E-state index in [0.29, 0.717) is 41.1 Å². The zero-order chi connectivity index (χ0) is 26.6. The number of methoxy groups -OCH3 is 2. The molecule has 0 atom stereocenters. The van der Waals surface area contributed by atoms with Crippen LogP contribution in [0.2, 0.25) is 5.02 Å². The number of amides is 1. The number of piperidine rings is 1. The number of hydrogen-bond acceptors (Lipinski definition) is 7. The third-order valence-electron chi connectivity index (χ3n) is 6.76. The van der Waals surface area contributed by atoms with E-state index in [-0.39, 0.29) is 5.91 Å². The van der Waals surface area contributed by atoms with Crippen molar-refractivity contribution < 1.29 is 18.8 Å². The minimum Gasteiger partial charge on any atom is -0.493 e. The number of thiazole rings is 1. The summed E-state index contributed by atoms with van der Waals surface area (Å²) in [7, 11) is 3.09. The molecule has 0 radical (unpaired) electrons. The van der Waals surface area contributed by atoms with Crippen LogP contribution < -0.4 is 9.47 Å². The van der Waals surface area contributed by atoms with Gasteiger partial charge in [0.05, 0.1) is 35.5 Å². The molecule has 0 saturated carbocycles. The predicted octanol–water partition coefficient (Wildman–Crippen LogP) is 6.86. The van der Waals surface area contributed by atoms with E-state index in [4.69, 9.17) is 30.6 Å². The Labute approximate surface area is 230 Å². The Kier molecular flexibility index (Phi) is 7.81. The van der Waals surface area contributed by atoms with Gasteiger partial charge in [0.2, 0.25) is 5.91 Å². The quantitative estimate of drug-likeness (QED) is 0.234. The molecule has 38 heavy (non-hydrogen) atoms. The number of halogens is 1. The first-order valence-electron chi connectivity index (χ1n) is 12.3. The molecule has 9 heteroatoms. The van der Waals surface area contributed by atoms with Gasteiger partial charge in [-0.15, -0.1) is 11.3 Å². The SMILES string of the molecule is COc1ccc(/C=C/C(=O)N2CCC(c3nc(-c4c(-c5ccccc5)noc4C)cs3)CC2)c(Cl)c1OC. The molecule has 0 bridgehead atoms. The van der Waals surface area contributed by atoms with Crippen LogP contribution in [0.1, 0.15) is 35.1 Å². The molecule has 1 aliphatic rings. The largest absolute Gasteiger partial charge is 0.493 e. The molecule has 196 valence electrons. The second-order valence-corrected chi connectivity index (χ2v) is 10.3. The molecule has 7 nitrogen and oxygen atoms in total. The van der Waals surface area contributed by atoms with Crippen molar-refractivity contribution >= 4 is 34.9 Å². The summed E-state index contributed by atoms with van der Waals surface area (Å²) >= 11 is 8.10. The summed E-state index contributed by atoms with van der Waals surface area (Å²) in [5.41, 5.74) is 4.33. The van der Waals surface area contributed by atoms with E-state index in [1.165, 1.54) is 7.11 Å². The number of carbonyl (C=O) groups excluding carboxylic acids is 1. The molecule has 4 aromatic rings. The molecule has 0 aliphatic carbocycles. The fraction of sp³-hybridized carbons (Fsp3) is 0.276. The highest BCUT2D eigenvalue weighted by Gasteiger charge is 2.26. The van der Waals surface area contributed by atoms with Gasteiger partial charge in [-0.05, 0) is 43.5 Å². The van der Waals surface area contributed by atoms with Gasteiger partial charge in [-0.1, -0.05) is 47.1 Å². The minimum atomic E-state index is -0.0401. The molecule has 0 unspecified atom stereocenters. The maximum Gasteiger partial charge on any atom is 0.246 e. The van der Waals surface area contributed by atoms with Gasteiger partial charge in [-0.2, -0.15) is 0 Å². The smallest absolute Gasteiger partial charge is 0.246 e. The van der Waals surface area contributed by atoms with Crippen molar-refractivity contribution in [2.75, 3.05) is 27.3 Å². The standard InChI is InChI=1S/C29H28ClN3O4S/c1-18-25(27(32-37-18)20-7-5-4-6-8-20)22-17-38-29(31-22)21-13-15-33(16-14-21)24(34)12-10-19-9-11-23(35-2)28(36-3)26(19)30/h4-12,17,21H,13-16H2,1-3H3/b12-10+. The van der Waals surface area contributed by atoms with Crippen LogP contribution in [-0.4, -0.2) is 48.3 Å². The van der Waals surface area contributed by atoms with Crippen LogP contribution in [0.3, 0.4) is 0 Å². The van der Waals surface area contributed by atoms with E-state index < -0.39 is 0 Å². The third kappa shape index (κ3) is 5.19. The molecule has 2 aromatic carbocycles. The Morgan fingerprint density at radius 2 is 1.89 bits per heavy atom. The number of aromatic nitrogens is 2. The van der Waals surface area contributed by atoms with Crippen molar-refractivity contribution in [3.8, 4) is 34.0 Å². The number of nitrogens with zero attached hydrogens (tertiary/aromatic N) is 3. The predicted molar refractivity (Wildman–Crippen MR) is 150 cm³/mol. The number of rotatable bonds is 7. The number of carbonyl (C=O) groups is 1. The first kappa shape index (κ1) is 26.0. The van der Waals surface area contributed by atoms with Gasteiger partial charge < -0.3 is 18.9 Å². The Morgan fingerprint density at radius 1 is 1.13 bits per heavy atom. The maximum absolute atomic E-state index is 12.9. The van der Waals surface area contributed by atoms with Crippen LogP contribution >= 0.6 is 22.9 Å². The maximum atomic E-state index is 12.9. The monoisotopic (exact) mass is 549 g/mol. The first-order chi connectivity index (χ1) is 18.5. The van der Waals surface area contributed by atoms with Gasteiger partial charge in [0.25, 0.3) is 0 Å². The Hall–Kier alpha value is -3.62. The highest BCUT2D eigenvalue weighted by molar-refractivity contribution is 7.10. The van der Waals surface area contributed by atoms with Gasteiger partial charge >= 0.3 is 0 Å². The Balaban J connectivity index is 1.24. The highest BCUT2D eigenvalue weighted by Crippen LogP contribution is 2.39. The average molecular weight is 550 g/mol. The van der Waals surface area contributed by atoms with Gasteiger partial charge in [0, 0.05) is 36.0 Å². The fourth-order valence-corrected chi connectivity index (χ4v) is 5.98. The number of likely N-dealkylation sites (tertiary alicyclic amines) is 1. The molecular weight excluding hydrogens is 522 g/mol. The minimum absolute atomic E-state index is 0.0401. The lowest BCUT2D eigenvalue weighted by Crippen LogP contribution is -2.36. The lowest BCUT2D eigenvalue weighted by Gasteiger charge is -2.30. The van der Waals surface area contributed by atoms with Crippen LogP contribution in [-0.2, 0) is 4.79 Å². The van der Waals surface area contributed by atoms with Crippen LogP contribution in [0.25, 0.3) is 28.6 Å². The van der Waals surface area contributed by atoms with Crippen LogP contribution in [0, 0.1) is 6.92 Å². The topological polar surface area (TPSA) is 77.7 Å². The van der Waals surface area contributed by atoms with Crippen LogP contribution in [0.15, 0.2) is 58.4 Å². The van der Waals surface area contributed by atoms with E-state index in [1.54, 1.807) is 42.7 Å². The molecule has 0 N–H and O–H groups in total. The molecule has 3 heterocycles. The summed E-state index contributed by atoms with van der Waals surface area (Å²) in [6.07, 6.45) is 5.00. The second-order valence-electron chi connectivity index (χ2n) is 9.04. The number of ether oxygens (including phenoxy) is 2. The van der Waals surface area contributed by atoms with Crippen molar-refractivity contribution in [1.82, 2.24) is 15.0 Å². The van der Waals surface area contributed by atoms with E-state index in [0.717, 1.165) is 46.1 Å². The highest BCUT2D eigenvalue weighted by atomic mass is 35.5. The normalized spacial score (nSPS) is 14.3. The molecule has 1 amide bonds. The summed E-state index contributed by atoms with van der Waals surface area (Å²) in [6, 6.07) is 13.6. The first-order valence-corrected chi connectivity index (χ1v) is 13.6. The van der Waals surface area contributed by atoms with Crippen LogP contribution in [0.5, 0.6) is 11.5 Å². The zero-order valence-corrected chi connectivity index (χ0v) is 23.0. The molecule has 1 fully saturated rings. The van der Waals surface area contributed by atoms with E-state index in [1.807, 2.05) is 42.2 Å². The summed E-state index contributed by atoms with van der Waals surface area (Å²) in [5, 5.41) is 7.86. The van der Waals surface area contributed by atoms with Gasteiger partial charge in [-0.3, -0.25) is 4.79 Å². The summed E-state index contributed by atoms with van der Waals surface area (Å²) in [6.45, 7) is 3.26. The fourth-order valence-electron chi connectivity index (χ4n) is 4.70. The molecule has 1 aliphatic heterocycles. The molecule has 2 aromatic heterocycles. The molecule has 1 saturated heterocycles. The van der Waals surface area contributed by atoms with E-state index >= 15 is 0 Å². The zero-order valence-electron chi connectivity index (χ0n) is 21.4. The van der Waals surface area contributed by atoms with E-state index in [9.17, 15) is 4.79 Å². The average Bonchev–Trinajstić information content (AvgIpc) is 3.59. The van der Waals surface area contributed by atoms with Crippen molar-refractivity contribution in [1.29, 1.82) is 0 Å². The number of hydrogen-bond donors (Lipinski definition) is 0. The lowest BCUT2D eigenvalue weighted by atomic mass is 9.97. The van der Waals surface area contributed by atoms with Gasteiger partial charge in [0.1, 0.15) is 11.5 Å². The lowest BCUT2D eigenvalue weighted by molar-refractivity contribution is -0.126. The molecule has 5 rings (SSSR count). The Morgan fingerprint density at radius 3 is 2.61 bits per heavy atom. The van der Waals surface area contributed by atoms with Crippen molar-refractivity contribution in [3.63, 3.8) is 0 Å². The summed E-state index contributed by atoms with van der Waals surface area (Å²) in [4.78, 5) is 19.7. The van der Waals surface area contributed by atoms with Crippen molar-refractivity contribution in [2.24, 2.45) is 0 Å². The summed E-state index contributed by atoms with van der Waals surface area (Å²) in [5.74, 6) is 2.01. The number of aryl methyl sites for hydroxylation is 1. The molecule has 0 spiro atoms. The van der Waals surface area contributed by atoms with Gasteiger partial charge in [-0.25, -0.2) is 4.98 Å². The Bertz CT molecular complexity index is 1460. The van der Waals surface area contributed by atoms with Crippen molar-refractivity contribution in [3.05, 3.63) is 75.3 Å². The third-order valence-corrected chi connectivity index (χ3v) is 8.16. The number of benzene rings is 2. The van der Waals surface area contributed by atoms with Crippen LogP contribution in [0.4, 0.5) is 0 Å².